The van der Waals surface area contributed by atoms with Gasteiger partial charge in [0.05, 0.1) is 69.2 Å². The smallest absolute Gasteiger partial charge is 0.338 e. The van der Waals surface area contributed by atoms with Crippen molar-refractivity contribution in [3.63, 3.8) is 0 Å². The number of hydrogen-bond donors (Lipinski definition) is 0. The molecule has 1 atom stereocenters. The highest BCUT2D eigenvalue weighted by Gasteiger charge is 2.34. The van der Waals surface area contributed by atoms with Crippen LogP contribution in [-0.2, 0) is 9.53 Å². The van der Waals surface area contributed by atoms with Gasteiger partial charge in [-0.25, -0.2) is 9.79 Å². The highest BCUT2D eigenvalue weighted by molar-refractivity contribution is 9.10. The molecule has 0 saturated heterocycles. The van der Waals surface area contributed by atoms with E-state index < -0.39 is 38.8 Å². The topological polar surface area (TPSA) is 184 Å². The molecule has 0 saturated carbocycles. The minimum Gasteiger partial charge on any atom is -0.493 e. The van der Waals surface area contributed by atoms with Crippen LogP contribution in [-0.4, -0.2) is 47.3 Å². The highest BCUT2D eigenvalue weighted by Crippen LogP contribution is 2.43. The molecule has 3 aromatic carbocycles. The number of halogens is 1. The quantitative estimate of drug-likeness (QED) is 0.0937. The maximum Gasteiger partial charge on any atom is 0.338 e. The number of esters is 1. The van der Waals surface area contributed by atoms with E-state index in [0.29, 0.717) is 37.6 Å². The zero-order chi connectivity index (χ0) is 37.1. The number of carbonyl (C=O) groups is 1. The normalized spacial score (nSPS) is 14.1. The van der Waals surface area contributed by atoms with E-state index in [1.807, 2.05) is 13.8 Å². The molecular formula is C34H31BrN4O11S. The van der Waals surface area contributed by atoms with Crippen molar-refractivity contribution in [1.29, 1.82) is 0 Å². The number of rotatable bonds is 12. The van der Waals surface area contributed by atoms with Gasteiger partial charge in [0, 0.05) is 6.07 Å². The highest BCUT2D eigenvalue weighted by atomic mass is 79.9. The number of carbonyl (C=O) groups excluding carboxylic acids is 1. The number of ether oxygens (including phenoxy) is 5. The maximum absolute atomic E-state index is 14.2. The number of fused-ring (bicyclic) bond motifs is 1. The van der Waals surface area contributed by atoms with Crippen LogP contribution in [0.5, 0.6) is 28.7 Å². The van der Waals surface area contributed by atoms with Crippen LogP contribution < -0.4 is 33.8 Å². The fourth-order valence-corrected chi connectivity index (χ4v) is 6.93. The zero-order valence-corrected chi connectivity index (χ0v) is 30.5. The lowest BCUT2D eigenvalue weighted by molar-refractivity contribution is -0.394. The fraction of sp³-hybridized carbons (Fsp3) is 0.265. The second kappa shape index (κ2) is 15.1. The monoisotopic (exact) mass is 782 g/mol. The van der Waals surface area contributed by atoms with Crippen LogP contribution >= 0.6 is 27.3 Å². The van der Waals surface area contributed by atoms with E-state index in [2.05, 4.69) is 20.9 Å². The fourth-order valence-electron chi connectivity index (χ4n) is 5.34. The van der Waals surface area contributed by atoms with Crippen molar-refractivity contribution in [1.82, 2.24) is 4.57 Å². The minimum atomic E-state index is -0.904. The molecular weight excluding hydrogens is 752 g/mol. The summed E-state index contributed by atoms with van der Waals surface area (Å²) in [5.74, 6) is 0.249. The van der Waals surface area contributed by atoms with Crippen LogP contribution in [0.2, 0.25) is 0 Å². The van der Waals surface area contributed by atoms with Crippen molar-refractivity contribution in [2.24, 2.45) is 4.99 Å². The summed E-state index contributed by atoms with van der Waals surface area (Å²) >= 11 is 4.53. The standard InChI is InChI=1S/C34H31BrN4O11S/c1-7-48-33(41)29-18(4)36-34-37(30(29)20-8-10-25(49-17(2)3)26(15-20)46-5)32(40)28(51-34)14-19-12-22(35)31(27(13-19)47-6)50-24-11-9-21(38(42)43)16-23(24)39(44)45/h8-17,30H,7H2,1-6H3/b28-14-/t30-/m1/s1. The Balaban J connectivity index is 1.62. The van der Waals surface area contributed by atoms with Crippen molar-refractivity contribution in [2.45, 2.75) is 39.8 Å². The molecule has 0 fully saturated rings. The SMILES string of the molecule is CCOC(=O)C1=C(C)N=c2s/c(=C\c3cc(Br)c(Oc4ccc([N+](=O)[O-])cc4[N+](=O)[O-])c(OC)c3)c(=O)n2[C@@H]1c1ccc(OC(C)C)c(OC)c1. The average molecular weight is 784 g/mol. The number of nitro groups is 2. The van der Waals surface area contributed by atoms with E-state index in [4.69, 9.17) is 23.7 Å². The Morgan fingerprint density at radius 3 is 2.35 bits per heavy atom. The van der Waals surface area contributed by atoms with Gasteiger partial charge in [0.2, 0.25) is 5.75 Å². The molecule has 1 aliphatic rings. The molecule has 0 radical (unpaired) electrons. The number of hydrogen-bond acceptors (Lipinski definition) is 13. The van der Waals surface area contributed by atoms with Crippen molar-refractivity contribution < 1.29 is 38.3 Å². The Labute approximate surface area is 302 Å². The summed E-state index contributed by atoms with van der Waals surface area (Å²) in [4.78, 5) is 53.8. The Kier molecular flexibility index (Phi) is 10.9. The predicted molar refractivity (Wildman–Crippen MR) is 190 cm³/mol. The molecule has 0 N–H and O–H groups in total. The van der Waals surface area contributed by atoms with Crippen molar-refractivity contribution >= 4 is 50.7 Å². The number of thiazole rings is 1. The molecule has 0 spiro atoms. The molecule has 15 nitrogen and oxygen atoms in total. The number of non-ortho nitro benzene ring substituents is 1. The second-order valence-corrected chi connectivity index (χ2v) is 13.0. The van der Waals surface area contributed by atoms with E-state index in [-0.39, 0.29) is 40.1 Å². The largest absolute Gasteiger partial charge is 0.493 e. The van der Waals surface area contributed by atoms with E-state index >= 15 is 0 Å². The van der Waals surface area contributed by atoms with Gasteiger partial charge in [0.25, 0.3) is 11.2 Å². The lowest BCUT2D eigenvalue weighted by Crippen LogP contribution is -2.40. The minimum absolute atomic E-state index is 0.0570. The van der Waals surface area contributed by atoms with Crippen LogP contribution in [0.25, 0.3) is 6.08 Å². The summed E-state index contributed by atoms with van der Waals surface area (Å²) in [7, 11) is 2.86. The summed E-state index contributed by atoms with van der Waals surface area (Å²) in [5, 5.41) is 22.9. The molecule has 4 aromatic rings. The molecule has 0 aliphatic carbocycles. The number of benzene rings is 3. The Hall–Kier alpha value is -5.55. The summed E-state index contributed by atoms with van der Waals surface area (Å²) in [5.41, 5.74) is 0.121. The second-order valence-electron chi connectivity index (χ2n) is 11.2. The predicted octanol–water partition coefficient (Wildman–Crippen LogP) is 5.97. The van der Waals surface area contributed by atoms with E-state index in [1.54, 1.807) is 50.3 Å². The van der Waals surface area contributed by atoms with Crippen LogP contribution in [0, 0.1) is 20.2 Å². The molecule has 266 valence electrons. The first kappa shape index (κ1) is 36.7. The summed E-state index contributed by atoms with van der Waals surface area (Å²) in [6.45, 7) is 7.26. The number of methoxy groups -OCH3 is 2. The van der Waals surface area contributed by atoms with Crippen LogP contribution in [0.15, 0.2) is 74.1 Å². The molecule has 0 bridgehead atoms. The summed E-state index contributed by atoms with van der Waals surface area (Å²) < 4.78 is 30.3. The molecule has 0 unspecified atom stereocenters. The first-order chi connectivity index (χ1) is 24.3. The number of nitro benzene ring substituents is 2. The molecule has 0 amide bonds. The van der Waals surface area contributed by atoms with Gasteiger partial charge in [0.15, 0.2) is 27.8 Å². The summed E-state index contributed by atoms with van der Waals surface area (Å²) in [6.07, 6.45) is 1.48. The Morgan fingerprint density at radius 2 is 1.73 bits per heavy atom. The third kappa shape index (κ3) is 7.48. The van der Waals surface area contributed by atoms with Crippen molar-refractivity contribution in [3.05, 3.63) is 115 Å². The lowest BCUT2D eigenvalue weighted by Gasteiger charge is -2.25. The third-order valence-electron chi connectivity index (χ3n) is 7.49. The first-order valence-corrected chi connectivity index (χ1v) is 16.9. The lowest BCUT2D eigenvalue weighted by atomic mass is 9.95. The van der Waals surface area contributed by atoms with Crippen LogP contribution in [0.1, 0.15) is 44.9 Å². The van der Waals surface area contributed by atoms with Crippen LogP contribution in [0.3, 0.4) is 0 Å². The summed E-state index contributed by atoms with van der Waals surface area (Å²) in [6, 6.07) is 10.5. The molecule has 51 heavy (non-hydrogen) atoms. The van der Waals surface area contributed by atoms with Gasteiger partial charge >= 0.3 is 11.7 Å². The van der Waals surface area contributed by atoms with Gasteiger partial charge in [-0.15, -0.1) is 0 Å². The molecule has 2 heterocycles. The average Bonchev–Trinajstić information content (AvgIpc) is 3.38. The van der Waals surface area contributed by atoms with Gasteiger partial charge in [-0.1, -0.05) is 17.4 Å². The van der Waals surface area contributed by atoms with E-state index in [9.17, 15) is 29.8 Å². The third-order valence-corrected chi connectivity index (χ3v) is 9.07. The van der Waals surface area contributed by atoms with Gasteiger partial charge in [-0.2, -0.15) is 0 Å². The van der Waals surface area contributed by atoms with E-state index in [1.165, 1.54) is 18.8 Å². The van der Waals surface area contributed by atoms with Gasteiger partial charge < -0.3 is 23.7 Å². The molecule has 1 aromatic heterocycles. The first-order valence-electron chi connectivity index (χ1n) is 15.3. The zero-order valence-electron chi connectivity index (χ0n) is 28.1. The number of nitrogens with zero attached hydrogens (tertiary/aromatic N) is 4. The molecule has 5 rings (SSSR count). The van der Waals surface area contributed by atoms with Gasteiger partial charge in [-0.05, 0) is 91.2 Å². The maximum atomic E-state index is 14.2. The van der Waals surface area contributed by atoms with Gasteiger partial charge in [-0.3, -0.25) is 29.6 Å². The molecule has 1 aliphatic heterocycles. The number of allylic oxidation sites excluding steroid dienone is 1. The molecule has 17 heteroatoms. The van der Waals surface area contributed by atoms with Crippen molar-refractivity contribution in [3.8, 4) is 28.7 Å². The Morgan fingerprint density at radius 1 is 1.02 bits per heavy atom. The van der Waals surface area contributed by atoms with Gasteiger partial charge in [0.1, 0.15) is 0 Å². The number of aromatic nitrogens is 1. The van der Waals surface area contributed by atoms with Crippen LogP contribution in [0.4, 0.5) is 11.4 Å². The Bertz CT molecular complexity index is 2280. The van der Waals surface area contributed by atoms with E-state index in [0.717, 1.165) is 29.5 Å². The van der Waals surface area contributed by atoms with Crippen molar-refractivity contribution in [2.75, 3.05) is 20.8 Å².